The predicted octanol–water partition coefficient (Wildman–Crippen LogP) is 0.873. The number of hydrogen-bond acceptors (Lipinski definition) is 4. The van der Waals surface area contributed by atoms with Crippen molar-refractivity contribution in [3.05, 3.63) is 23.8 Å². The van der Waals surface area contributed by atoms with Crippen LogP contribution in [0.15, 0.2) is 18.2 Å². The first kappa shape index (κ1) is 11.2. The van der Waals surface area contributed by atoms with E-state index in [-0.39, 0.29) is 5.91 Å². The summed E-state index contributed by atoms with van der Waals surface area (Å²) in [5, 5.41) is 2.77. The Balaban J connectivity index is 1.99. The smallest absolute Gasteiger partial charge is 0.265 e. The van der Waals surface area contributed by atoms with E-state index < -0.39 is 11.5 Å². The molecule has 94 valence electrons. The Morgan fingerprint density at radius 1 is 1.44 bits per heavy atom. The third kappa shape index (κ3) is 1.51. The summed E-state index contributed by atoms with van der Waals surface area (Å²) in [5.74, 6) is 0.455. The number of fused-ring (bicyclic) bond motifs is 1. The summed E-state index contributed by atoms with van der Waals surface area (Å²) < 4.78 is 10.6. The van der Waals surface area contributed by atoms with E-state index in [0.29, 0.717) is 24.7 Å². The van der Waals surface area contributed by atoms with Crippen LogP contribution in [-0.4, -0.2) is 31.5 Å². The van der Waals surface area contributed by atoms with Crippen LogP contribution in [0.1, 0.15) is 12.5 Å². The molecule has 18 heavy (non-hydrogen) atoms. The third-order valence-electron chi connectivity index (χ3n) is 3.43. The highest BCUT2D eigenvalue weighted by molar-refractivity contribution is 5.97. The number of rotatable bonds is 2. The molecule has 2 aliphatic heterocycles. The minimum absolute atomic E-state index is 0.176. The lowest BCUT2D eigenvalue weighted by Gasteiger charge is -2.37. The summed E-state index contributed by atoms with van der Waals surface area (Å²) in [7, 11) is 0. The third-order valence-corrected chi connectivity index (χ3v) is 3.43. The molecule has 0 bridgehead atoms. The molecule has 2 heterocycles. The SMILES string of the molecule is CC1Oc2ccc(C3(C=O)COC3)cc2NC1=O. The van der Waals surface area contributed by atoms with Gasteiger partial charge in [-0.25, -0.2) is 0 Å². The average molecular weight is 247 g/mol. The fourth-order valence-electron chi connectivity index (χ4n) is 2.14. The maximum absolute atomic E-state index is 11.5. The van der Waals surface area contributed by atoms with E-state index in [0.717, 1.165) is 11.8 Å². The molecule has 0 saturated carbocycles. The van der Waals surface area contributed by atoms with Gasteiger partial charge in [-0.15, -0.1) is 0 Å². The van der Waals surface area contributed by atoms with Gasteiger partial charge in [-0.2, -0.15) is 0 Å². The minimum Gasteiger partial charge on any atom is -0.479 e. The highest BCUT2D eigenvalue weighted by atomic mass is 16.5. The maximum atomic E-state index is 11.5. The Kier molecular flexibility index (Phi) is 2.38. The maximum Gasteiger partial charge on any atom is 0.265 e. The van der Waals surface area contributed by atoms with Crippen LogP contribution in [0.2, 0.25) is 0 Å². The largest absolute Gasteiger partial charge is 0.479 e. The van der Waals surface area contributed by atoms with Crippen molar-refractivity contribution in [1.82, 2.24) is 0 Å². The van der Waals surface area contributed by atoms with Gasteiger partial charge in [0.1, 0.15) is 12.0 Å². The molecule has 1 unspecified atom stereocenters. The van der Waals surface area contributed by atoms with Crippen LogP contribution in [-0.2, 0) is 19.7 Å². The Bertz CT molecular complexity index is 522. The van der Waals surface area contributed by atoms with Crippen LogP contribution in [0.4, 0.5) is 5.69 Å². The monoisotopic (exact) mass is 247 g/mol. The van der Waals surface area contributed by atoms with Crippen LogP contribution < -0.4 is 10.1 Å². The number of hydrogen-bond donors (Lipinski definition) is 1. The summed E-state index contributed by atoms with van der Waals surface area (Å²) >= 11 is 0. The zero-order valence-electron chi connectivity index (χ0n) is 9.93. The molecular weight excluding hydrogens is 234 g/mol. The lowest BCUT2D eigenvalue weighted by atomic mass is 9.80. The molecule has 0 aromatic heterocycles. The van der Waals surface area contributed by atoms with Crippen LogP contribution in [0.3, 0.4) is 0 Å². The molecule has 3 rings (SSSR count). The van der Waals surface area contributed by atoms with Crippen molar-refractivity contribution < 1.29 is 19.1 Å². The molecular formula is C13H13NO4. The van der Waals surface area contributed by atoms with E-state index >= 15 is 0 Å². The second-order valence-electron chi connectivity index (χ2n) is 4.73. The molecule has 1 fully saturated rings. The Labute approximate surface area is 104 Å². The van der Waals surface area contributed by atoms with E-state index in [1.807, 2.05) is 6.07 Å². The molecule has 0 aliphatic carbocycles. The molecule has 1 aromatic rings. The minimum atomic E-state index is -0.567. The number of nitrogens with one attached hydrogen (secondary N) is 1. The summed E-state index contributed by atoms with van der Waals surface area (Å²) in [5.41, 5.74) is 0.896. The average Bonchev–Trinajstić information content (AvgIpc) is 2.30. The van der Waals surface area contributed by atoms with Crippen LogP contribution in [0.25, 0.3) is 0 Å². The van der Waals surface area contributed by atoms with Gasteiger partial charge in [0.05, 0.1) is 24.3 Å². The first-order valence-corrected chi connectivity index (χ1v) is 5.81. The Hall–Kier alpha value is -1.88. The zero-order valence-corrected chi connectivity index (χ0v) is 9.93. The van der Waals surface area contributed by atoms with Gasteiger partial charge >= 0.3 is 0 Å². The quantitative estimate of drug-likeness (QED) is 0.788. The molecule has 1 aromatic carbocycles. The fraction of sp³-hybridized carbons (Fsp3) is 0.385. The van der Waals surface area contributed by atoms with Crippen LogP contribution >= 0.6 is 0 Å². The molecule has 5 nitrogen and oxygen atoms in total. The van der Waals surface area contributed by atoms with Crippen molar-refractivity contribution in [2.24, 2.45) is 0 Å². The van der Waals surface area contributed by atoms with Crippen molar-refractivity contribution in [1.29, 1.82) is 0 Å². The van der Waals surface area contributed by atoms with Crippen molar-refractivity contribution in [2.75, 3.05) is 18.5 Å². The van der Waals surface area contributed by atoms with Gasteiger partial charge in [0.25, 0.3) is 5.91 Å². The molecule has 2 aliphatic rings. The zero-order chi connectivity index (χ0) is 12.8. The van der Waals surface area contributed by atoms with Gasteiger partial charge in [-0.05, 0) is 24.6 Å². The molecule has 0 spiro atoms. The number of carbonyl (C=O) groups is 2. The number of aldehydes is 1. The number of benzene rings is 1. The lowest BCUT2D eigenvalue weighted by Crippen LogP contribution is -2.48. The van der Waals surface area contributed by atoms with Crippen molar-refractivity contribution >= 4 is 17.9 Å². The van der Waals surface area contributed by atoms with Gasteiger partial charge in [-0.1, -0.05) is 6.07 Å². The van der Waals surface area contributed by atoms with Crippen LogP contribution in [0.5, 0.6) is 5.75 Å². The standard InChI is InChI=1S/C13H13NO4/c1-8-12(16)14-10-4-9(2-3-11(10)18-8)13(5-15)6-17-7-13/h2-5,8H,6-7H2,1H3,(H,14,16). The van der Waals surface area contributed by atoms with E-state index in [1.165, 1.54) is 0 Å². The summed E-state index contributed by atoms with van der Waals surface area (Å²) in [6, 6.07) is 5.42. The summed E-state index contributed by atoms with van der Waals surface area (Å²) in [4.78, 5) is 22.7. The first-order valence-electron chi connectivity index (χ1n) is 5.81. The summed E-state index contributed by atoms with van der Waals surface area (Å²) in [6.07, 6.45) is 0.419. The molecule has 1 atom stereocenters. The van der Waals surface area contributed by atoms with Gasteiger partial charge in [-0.3, -0.25) is 4.79 Å². The Morgan fingerprint density at radius 2 is 2.22 bits per heavy atom. The van der Waals surface area contributed by atoms with Crippen molar-refractivity contribution in [3.63, 3.8) is 0 Å². The van der Waals surface area contributed by atoms with E-state index in [4.69, 9.17) is 9.47 Å². The van der Waals surface area contributed by atoms with E-state index in [9.17, 15) is 9.59 Å². The first-order chi connectivity index (χ1) is 8.64. The van der Waals surface area contributed by atoms with E-state index in [1.54, 1.807) is 19.1 Å². The number of amides is 1. The second-order valence-corrected chi connectivity index (χ2v) is 4.73. The lowest BCUT2D eigenvalue weighted by molar-refractivity contribution is -0.129. The highest BCUT2D eigenvalue weighted by Crippen LogP contribution is 2.37. The van der Waals surface area contributed by atoms with Gasteiger partial charge in [0.2, 0.25) is 0 Å². The Morgan fingerprint density at radius 3 is 2.83 bits per heavy atom. The van der Waals surface area contributed by atoms with Crippen LogP contribution in [0, 0.1) is 0 Å². The van der Waals surface area contributed by atoms with Gasteiger partial charge < -0.3 is 19.6 Å². The van der Waals surface area contributed by atoms with Crippen molar-refractivity contribution in [3.8, 4) is 5.75 Å². The normalized spacial score (nSPS) is 24.3. The predicted molar refractivity (Wildman–Crippen MR) is 63.7 cm³/mol. The molecule has 5 heteroatoms. The second kappa shape index (κ2) is 3.81. The van der Waals surface area contributed by atoms with Gasteiger partial charge in [0, 0.05) is 0 Å². The highest BCUT2D eigenvalue weighted by Gasteiger charge is 2.41. The summed E-state index contributed by atoms with van der Waals surface area (Å²) in [6.45, 7) is 2.47. The molecule has 1 amide bonds. The molecule has 1 saturated heterocycles. The molecule has 0 radical (unpaired) electrons. The van der Waals surface area contributed by atoms with Crippen molar-refractivity contribution in [2.45, 2.75) is 18.4 Å². The fourth-order valence-corrected chi connectivity index (χ4v) is 2.14. The number of carbonyl (C=O) groups excluding carboxylic acids is 2. The number of anilines is 1. The topological polar surface area (TPSA) is 64.6 Å². The van der Waals surface area contributed by atoms with E-state index in [2.05, 4.69) is 5.32 Å². The van der Waals surface area contributed by atoms with Gasteiger partial charge in [0.15, 0.2) is 6.10 Å². The number of ether oxygens (including phenoxy) is 2. The molecule has 1 N–H and O–H groups in total.